The van der Waals surface area contributed by atoms with Gasteiger partial charge in [0.1, 0.15) is 25.5 Å². The van der Waals surface area contributed by atoms with Gasteiger partial charge in [-0.25, -0.2) is 26.0 Å². The molecule has 0 aliphatic rings. The molecule has 0 radical (unpaired) electrons. The summed E-state index contributed by atoms with van der Waals surface area (Å²) >= 11 is 0. The Morgan fingerprint density at radius 1 is 1.06 bits per heavy atom. The molecule has 0 aliphatic carbocycles. The average Bonchev–Trinajstić information content (AvgIpc) is 2.57. The molecule has 1 rings (SSSR count). The molecule has 0 saturated heterocycles. The zero-order valence-corrected chi connectivity index (χ0v) is 13.4. The fourth-order valence-electron chi connectivity index (χ4n) is 1.14. The van der Waals surface area contributed by atoms with Crippen LogP contribution in [0.4, 0.5) is 0 Å². The van der Waals surface area contributed by atoms with E-state index in [9.17, 15) is 25.9 Å². The summed E-state index contributed by atoms with van der Waals surface area (Å²) in [6.45, 7) is -0.0219. The molecule has 0 aromatic carbocycles. The van der Waals surface area contributed by atoms with Crippen molar-refractivity contribution in [2.75, 3.05) is 11.5 Å². The van der Waals surface area contributed by atoms with Gasteiger partial charge in [0.15, 0.2) is 0 Å². The number of hydrogen-bond donors (Lipinski definition) is 0. The van der Waals surface area contributed by atoms with Crippen LogP contribution in [-0.4, -0.2) is 42.0 Å². The second kappa shape index (κ2) is 6.98. The third kappa shape index (κ3) is 8.19. The molecule has 11 heteroatoms. The van der Waals surface area contributed by atoms with Crippen molar-refractivity contribution in [2.45, 2.75) is 13.1 Å². The zero-order chi connectivity index (χ0) is 13.1. The van der Waals surface area contributed by atoms with Gasteiger partial charge in [0.25, 0.3) is 0 Å². The van der Waals surface area contributed by atoms with Crippen molar-refractivity contribution < 1.29 is 60.1 Å². The SMILES string of the molecule is O=S(=O)([O-])CCn1cc[n+](CCS(=O)(=O)[O-])c1.[Na+]. The van der Waals surface area contributed by atoms with Gasteiger partial charge in [-0.15, -0.1) is 0 Å². The maximum Gasteiger partial charge on any atom is 1.00 e. The number of imidazole rings is 1. The molecule has 0 bridgehead atoms. The summed E-state index contributed by atoms with van der Waals surface area (Å²) in [4.78, 5) is 0. The number of aromatic nitrogens is 2. The van der Waals surface area contributed by atoms with Crippen molar-refractivity contribution in [1.29, 1.82) is 0 Å². The Morgan fingerprint density at radius 3 is 2.11 bits per heavy atom. The Labute approximate surface area is 127 Å². The minimum Gasteiger partial charge on any atom is -0.748 e. The second-order valence-electron chi connectivity index (χ2n) is 3.41. The Bertz CT molecular complexity index is 528. The molecule has 8 nitrogen and oxygen atoms in total. The summed E-state index contributed by atoms with van der Waals surface area (Å²) in [7, 11) is -8.55. The number of rotatable bonds is 6. The van der Waals surface area contributed by atoms with Gasteiger partial charge in [-0.2, -0.15) is 0 Å². The fraction of sp³-hybridized carbons (Fsp3) is 0.571. The van der Waals surface area contributed by atoms with Crippen molar-refractivity contribution in [1.82, 2.24) is 4.57 Å². The normalized spacial score (nSPS) is 12.1. The topological polar surface area (TPSA) is 123 Å². The van der Waals surface area contributed by atoms with Crippen molar-refractivity contribution in [3.05, 3.63) is 18.7 Å². The number of nitrogens with zero attached hydrogens (tertiary/aromatic N) is 2. The average molecular weight is 306 g/mol. The van der Waals surface area contributed by atoms with E-state index in [1.54, 1.807) is 0 Å². The maximum absolute atomic E-state index is 10.4. The summed E-state index contributed by atoms with van der Waals surface area (Å²) in [6, 6.07) is 0. The molecule has 0 spiro atoms. The molecule has 1 heterocycles. The molecular formula is C7H11N2NaO6S2. The first-order chi connectivity index (χ1) is 7.66. The van der Waals surface area contributed by atoms with Gasteiger partial charge in [0, 0.05) is 0 Å². The molecule has 98 valence electrons. The Hall–Kier alpha value is 0.0300. The van der Waals surface area contributed by atoms with Crippen LogP contribution in [0.2, 0.25) is 0 Å². The van der Waals surface area contributed by atoms with Crippen molar-refractivity contribution in [3.8, 4) is 0 Å². The molecule has 0 aliphatic heterocycles. The number of aryl methyl sites for hydroxylation is 2. The van der Waals surface area contributed by atoms with E-state index in [4.69, 9.17) is 0 Å². The van der Waals surface area contributed by atoms with E-state index in [0.717, 1.165) is 0 Å². The van der Waals surface area contributed by atoms with E-state index >= 15 is 0 Å². The van der Waals surface area contributed by atoms with Crippen LogP contribution in [0.1, 0.15) is 0 Å². The van der Waals surface area contributed by atoms with E-state index in [-0.39, 0.29) is 42.6 Å². The van der Waals surface area contributed by atoms with Crippen molar-refractivity contribution in [2.24, 2.45) is 0 Å². The van der Waals surface area contributed by atoms with Gasteiger partial charge in [0.2, 0.25) is 6.33 Å². The molecule has 0 amide bonds. The standard InChI is InChI=1S/C7H12N2O6S2.Na/c10-16(11,12)5-3-8-1-2-9(7-8)4-6-17(13,14)15;/h1-2,7H,3-6H2,(H-,10,11,12,13,14,15);/q;+1/p-1. The molecule has 1 aromatic heterocycles. The van der Waals surface area contributed by atoms with Gasteiger partial charge < -0.3 is 9.11 Å². The molecule has 1 aromatic rings. The Kier molecular flexibility index (Phi) is 7.00. The van der Waals surface area contributed by atoms with E-state index in [1.165, 1.54) is 27.9 Å². The molecule has 0 fully saturated rings. The summed E-state index contributed by atoms with van der Waals surface area (Å²) in [5.41, 5.74) is 0. The minimum absolute atomic E-state index is 0. The van der Waals surface area contributed by atoms with Crippen LogP contribution in [0.15, 0.2) is 18.7 Å². The molecule has 0 N–H and O–H groups in total. The second-order valence-corrected chi connectivity index (χ2v) is 6.46. The maximum atomic E-state index is 10.4. The Balaban J connectivity index is 0.00000289. The first kappa shape index (κ1) is 18.0. The molecule has 18 heavy (non-hydrogen) atoms. The van der Waals surface area contributed by atoms with Crippen LogP contribution < -0.4 is 34.1 Å². The molecular weight excluding hydrogens is 295 g/mol. The van der Waals surface area contributed by atoms with Gasteiger partial charge in [-0.05, 0) is 0 Å². The third-order valence-electron chi connectivity index (χ3n) is 1.95. The van der Waals surface area contributed by atoms with Crippen LogP contribution >= 0.6 is 0 Å². The summed E-state index contributed by atoms with van der Waals surface area (Å²) in [5, 5.41) is 0. The van der Waals surface area contributed by atoms with E-state index in [2.05, 4.69) is 0 Å². The first-order valence-electron chi connectivity index (χ1n) is 4.58. The summed E-state index contributed by atoms with van der Waals surface area (Å²) in [5.74, 6) is -1.08. The Morgan fingerprint density at radius 2 is 1.61 bits per heavy atom. The van der Waals surface area contributed by atoms with Crippen LogP contribution in [0.25, 0.3) is 0 Å². The zero-order valence-electron chi connectivity index (χ0n) is 9.72. The summed E-state index contributed by atoms with van der Waals surface area (Å²) < 4.78 is 65.1. The van der Waals surface area contributed by atoms with Crippen LogP contribution in [0.3, 0.4) is 0 Å². The smallest absolute Gasteiger partial charge is 0.748 e. The van der Waals surface area contributed by atoms with E-state index < -0.39 is 31.7 Å². The largest absolute Gasteiger partial charge is 1.00 e. The van der Waals surface area contributed by atoms with Crippen LogP contribution in [0, 0.1) is 0 Å². The van der Waals surface area contributed by atoms with Gasteiger partial charge in [-0.3, -0.25) is 0 Å². The van der Waals surface area contributed by atoms with Crippen molar-refractivity contribution in [3.63, 3.8) is 0 Å². The van der Waals surface area contributed by atoms with Gasteiger partial charge in [-0.1, -0.05) is 0 Å². The van der Waals surface area contributed by atoms with Crippen LogP contribution in [-0.2, 0) is 33.3 Å². The monoisotopic (exact) mass is 306 g/mol. The third-order valence-corrected chi connectivity index (χ3v) is 3.31. The van der Waals surface area contributed by atoms with Crippen molar-refractivity contribution >= 4 is 20.2 Å². The van der Waals surface area contributed by atoms with E-state index in [0.29, 0.717) is 0 Å². The van der Waals surface area contributed by atoms with Crippen LogP contribution in [0.5, 0.6) is 0 Å². The number of hydrogen-bond acceptors (Lipinski definition) is 6. The minimum atomic E-state index is -4.27. The predicted molar refractivity (Wildman–Crippen MR) is 53.8 cm³/mol. The molecule has 0 unspecified atom stereocenters. The van der Waals surface area contributed by atoms with Gasteiger partial charge in [0.05, 0.1) is 31.7 Å². The molecule has 0 saturated carbocycles. The summed E-state index contributed by atoms with van der Waals surface area (Å²) in [6.07, 6.45) is 4.40. The quantitative estimate of drug-likeness (QED) is 0.294. The van der Waals surface area contributed by atoms with Gasteiger partial charge >= 0.3 is 29.6 Å². The first-order valence-corrected chi connectivity index (χ1v) is 7.73. The predicted octanol–water partition coefficient (Wildman–Crippen LogP) is -5.13. The molecule has 0 atom stereocenters. The fourth-order valence-corrected chi connectivity index (χ4v) is 2.01. The van der Waals surface area contributed by atoms with E-state index in [1.807, 2.05) is 0 Å².